The van der Waals surface area contributed by atoms with Crippen molar-refractivity contribution >= 4 is 5.91 Å². The number of nitrogens with one attached hydrogen (secondary N) is 1. The first-order chi connectivity index (χ1) is 12.6. The number of alkyl halides is 3. The van der Waals surface area contributed by atoms with Gasteiger partial charge in [-0.05, 0) is 37.1 Å². The lowest BCUT2D eigenvalue weighted by Crippen LogP contribution is -2.34. The molecule has 0 spiro atoms. The predicted octanol–water partition coefficient (Wildman–Crippen LogP) is 3.40. The molecule has 2 rings (SSSR count). The average molecular weight is 386 g/mol. The van der Waals surface area contributed by atoms with Gasteiger partial charge in [0.15, 0.2) is 6.61 Å². The van der Waals surface area contributed by atoms with E-state index in [1.54, 1.807) is 6.92 Å². The summed E-state index contributed by atoms with van der Waals surface area (Å²) in [6.45, 7) is 0.139. The Labute approximate surface area is 153 Å². The molecule has 2 aromatic rings. The quantitative estimate of drug-likeness (QED) is 0.716. The fourth-order valence-corrected chi connectivity index (χ4v) is 2.29. The Hall–Kier alpha value is -2.68. The maximum Gasteiger partial charge on any atom is 0.422 e. The van der Waals surface area contributed by atoms with E-state index < -0.39 is 36.7 Å². The molecule has 0 bridgehead atoms. The van der Waals surface area contributed by atoms with Gasteiger partial charge in [-0.25, -0.2) is 9.37 Å². The first-order valence-corrected chi connectivity index (χ1v) is 8.05. The van der Waals surface area contributed by atoms with Crippen molar-refractivity contribution in [1.82, 2.24) is 10.3 Å². The van der Waals surface area contributed by atoms with Crippen LogP contribution in [0.15, 0.2) is 42.5 Å². The van der Waals surface area contributed by atoms with E-state index in [9.17, 15) is 27.5 Å². The number of ether oxygens (including phenoxy) is 1. The van der Waals surface area contributed by atoms with E-state index in [4.69, 9.17) is 0 Å². The van der Waals surface area contributed by atoms with Gasteiger partial charge >= 0.3 is 6.18 Å². The molecular formula is C18H18F4N2O3. The molecule has 146 valence electrons. The second kappa shape index (κ2) is 8.81. The van der Waals surface area contributed by atoms with Gasteiger partial charge < -0.3 is 15.2 Å². The second-order valence-electron chi connectivity index (χ2n) is 5.94. The number of rotatable bonds is 7. The van der Waals surface area contributed by atoms with E-state index in [2.05, 4.69) is 15.0 Å². The first-order valence-electron chi connectivity index (χ1n) is 8.05. The van der Waals surface area contributed by atoms with Gasteiger partial charge in [-0.15, -0.1) is 0 Å². The summed E-state index contributed by atoms with van der Waals surface area (Å²) >= 11 is 0. The van der Waals surface area contributed by atoms with E-state index in [1.807, 2.05) is 0 Å². The number of hydrogen-bond acceptors (Lipinski definition) is 4. The van der Waals surface area contributed by atoms with Crippen molar-refractivity contribution in [3.63, 3.8) is 0 Å². The minimum atomic E-state index is -4.51. The number of amides is 1. The third-order valence-corrected chi connectivity index (χ3v) is 3.55. The van der Waals surface area contributed by atoms with Gasteiger partial charge in [0, 0.05) is 12.1 Å². The lowest BCUT2D eigenvalue weighted by Gasteiger charge is -2.18. The molecule has 0 aliphatic carbocycles. The number of nitrogens with zero attached hydrogens (tertiary/aromatic N) is 1. The number of carbonyl (C=O) groups is 1. The molecule has 0 radical (unpaired) electrons. The van der Waals surface area contributed by atoms with Crippen LogP contribution < -0.4 is 10.1 Å². The van der Waals surface area contributed by atoms with Crippen LogP contribution in [0.25, 0.3) is 0 Å². The third kappa shape index (κ3) is 6.86. The smallest absolute Gasteiger partial charge is 0.422 e. The van der Waals surface area contributed by atoms with Gasteiger partial charge in [-0.2, -0.15) is 13.2 Å². The summed E-state index contributed by atoms with van der Waals surface area (Å²) in [6.07, 6.45) is -5.28. The fourth-order valence-electron chi connectivity index (χ4n) is 2.29. The number of aliphatic hydroxyl groups excluding tert-OH is 1. The Morgan fingerprint density at radius 3 is 2.52 bits per heavy atom. The predicted molar refractivity (Wildman–Crippen MR) is 88.7 cm³/mol. The molecular weight excluding hydrogens is 368 g/mol. The highest BCUT2D eigenvalue weighted by molar-refractivity contribution is 5.92. The zero-order valence-corrected chi connectivity index (χ0v) is 14.3. The van der Waals surface area contributed by atoms with E-state index in [1.165, 1.54) is 42.5 Å². The number of pyridine rings is 1. The molecule has 0 unspecified atom stereocenters. The van der Waals surface area contributed by atoms with Gasteiger partial charge in [0.05, 0.1) is 6.10 Å². The fraction of sp³-hybridized carbons (Fsp3) is 0.333. The number of carbonyl (C=O) groups excluding carboxylic acids is 1. The molecule has 0 aliphatic heterocycles. The molecule has 1 heterocycles. The molecule has 1 aromatic carbocycles. The van der Waals surface area contributed by atoms with Crippen LogP contribution in [-0.2, 0) is 0 Å². The third-order valence-electron chi connectivity index (χ3n) is 3.55. The molecule has 0 saturated heterocycles. The normalized spacial score (nSPS) is 13.7. The standard InChI is InChI=1S/C18H18F4N2O3/c1-11(9-15(25)12-5-7-13(19)8-6-12)23-17(26)14-3-2-4-16(24-14)27-10-18(20,21)22/h2-8,11,15,25H,9-10H2,1H3,(H,23,26)/t11-,15+/m1/s1. The summed E-state index contributed by atoms with van der Waals surface area (Å²) in [6, 6.07) is 8.75. The lowest BCUT2D eigenvalue weighted by atomic mass is 10.0. The molecule has 2 atom stereocenters. The Morgan fingerprint density at radius 1 is 1.22 bits per heavy atom. The van der Waals surface area contributed by atoms with Crippen LogP contribution in [0, 0.1) is 5.82 Å². The summed E-state index contributed by atoms with van der Waals surface area (Å²) in [4.78, 5) is 15.9. The second-order valence-corrected chi connectivity index (χ2v) is 5.94. The molecule has 0 aliphatic rings. The summed E-state index contributed by atoms with van der Waals surface area (Å²) in [5.74, 6) is -1.36. The Morgan fingerprint density at radius 2 is 1.89 bits per heavy atom. The van der Waals surface area contributed by atoms with Gasteiger partial charge in [0.2, 0.25) is 5.88 Å². The van der Waals surface area contributed by atoms with Crippen molar-refractivity contribution in [2.24, 2.45) is 0 Å². The van der Waals surface area contributed by atoms with Gasteiger partial charge in [-0.3, -0.25) is 4.79 Å². The Kier molecular flexibility index (Phi) is 6.73. The molecule has 5 nitrogen and oxygen atoms in total. The zero-order valence-electron chi connectivity index (χ0n) is 14.3. The number of aromatic nitrogens is 1. The van der Waals surface area contributed by atoms with Crippen LogP contribution in [-0.4, -0.2) is 34.8 Å². The SMILES string of the molecule is C[C@H](C[C@H](O)c1ccc(F)cc1)NC(=O)c1cccc(OCC(F)(F)F)n1. The molecule has 1 amide bonds. The molecule has 0 saturated carbocycles. The molecule has 1 aromatic heterocycles. The monoisotopic (exact) mass is 386 g/mol. The Balaban J connectivity index is 1.92. The summed E-state index contributed by atoms with van der Waals surface area (Å²) in [7, 11) is 0. The van der Waals surface area contributed by atoms with Crippen molar-refractivity contribution in [2.75, 3.05) is 6.61 Å². The molecule has 27 heavy (non-hydrogen) atoms. The van der Waals surface area contributed by atoms with Crippen molar-refractivity contribution in [3.05, 3.63) is 59.5 Å². The average Bonchev–Trinajstić information content (AvgIpc) is 2.60. The lowest BCUT2D eigenvalue weighted by molar-refractivity contribution is -0.154. The number of aliphatic hydroxyl groups is 1. The van der Waals surface area contributed by atoms with Crippen LogP contribution in [0.2, 0.25) is 0 Å². The van der Waals surface area contributed by atoms with Crippen LogP contribution >= 0.6 is 0 Å². The van der Waals surface area contributed by atoms with Crippen molar-refractivity contribution in [1.29, 1.82) is 0 Å². The van der Waals surface area contributed by atoms with E-state index in [0.717, 1.165) is 0 Å². The zero-order chi connectivity index (χ0) is 20.0. The maximum atomic E-state index is 12.9. The summed E-state index contributed by atoms with van der Waals surface area (Å²) in [5, 5.41) is 12.7. The summed E-state index contributed by atoms with van der Waals surface area (Å²) in [5.41, 5.74) is 0.385. The Bertz CT molecular complexity index is 766. The van der Waals surface area contributed by atoms with Gasteiger partial charge in [-0.1, -0.05) is 18.2 Å². The van der Waals surface area contributed by atoms with E-state index in [-0.39, 0.29) is 18.0 Å². The number of halogens is 4. The van der Waals surface area contributed by atoms with Gasteiger partial charge in [0.25, 0.3) is 5.91 Å². The van der Waals surface area contributed by atoms with Gasteiger partial charge in [0.1, 0.15) is 11.5 Å². The van der Waals surface area contributed by atoms with Crippen LogP contribution in [0.5, 0.6) is 5.88 Å². The summed E-state index contributed by atoms with van der Waals surface area (Å²) < 4.78 is 54.0. The number of hydrogen-bond donors (Lipinski definition) is 2. The van der Waals surface area contributed by atoms with Crippen LogP contribution in [0.3, 0.4) is 0 Å². The maximum absolute atomic E-state index is 12.9. The molecule has 0 fully saturated rings. The first kappa shape index (κ1) is 20.6. The van der Waals surface area contributed by atoms with E-state index >= 15 is 0 Å². The molecule has 2 N–H and O–H groups in total. The minimum Gasteiger partial charge on any atom is -0.468 e. The number of benzene rings is 1. The van der Waals surface area contributed by atoms with Crippen molar-refractivity contribution in [3.8, 4) is 5.88 Å². The van der Waals surface area contributed by atoms with E-state index in [0.29, 0.717) is 5.56 Å². The van der Waals surface area contributed by atoms with Crippen LogP contribution in [0.1, 0.15) is 35.5 Å². The highest BCUT2D eigenvalue weighted by Gasteiger charge is 2.28. The van der Waals surface area contributed by atoms with Crippen molar-refractivity contribution < 1.29 is 32.2 Å². The largest absolute Gasteiger partial charge is 0.468 e. The van der Waals surface area contributed by atoms with Crippen molar-refractivity contribution in [2.45, 2.75) is 31.7 Å². The molecule has 9 heteroatoms. The minimum absolute atomic E-state index is 0.113. The van der Waals surface area contributed by atoms with Crippen LogP contribution in [0.4, 0.5) is 17.6 Å². The highest BCUT2D eigenvalue weighted by Crippen LogP contribution is 2.19. The highest BCUT2D eigenvalue weighted by atomic mass is 19.4. The topological polar surface area (TPSA) is 71.5 Å².